The van der Waals surface area contributed by atoms with Gasteiger partial charge in [0.2, 0.25) is 11.7 Å². The molecule has 0 atom stereocenters. The molecular weight excluding hydrogens is 224 g/mol. The maximum absolute atomic E-state index is 11.5. The van der Waals surface area contributed by atoms with Crippen molar-refractivity contribution < 1.29 is 19.1 Å². The first-order chi connectivity index (χ1) is 7.82. The van der Waals surface area contributed by atoms with Gasteiger partial charge < -0.3 is 19.7 Å². The molecule has 1 aromatic heterocycles. The van der Waals surface area contributed by atoms with Gasteiger partial charge in [-0.05, 0) is 13.8 Å². The summed E-state index contributed by atoms with van der Waals surface area (Å²) in [5.74, 6) is -1.46. The van der Waals surface area contributed by atoms with Gasteiger partial charge in [-0.25, -0.2) is 4.79 Å². The predicted molar refractivity (Wildman–Crippen MR) is 61.4 cm³/mol. The molecule has 0 fully saturated rings. The molecule has 1 aromatic rings. The van der Waals surface area contributed by atoms with E-state index in [1.165, 1.54) is 18.1 Å². The molecule has 2 rings (SSSR count). The first-order valence-corrected chi connectivity index (χ1v) is 5.23. The lowest BCUT2D eigenvalue weighted by molar-refractivity contribution is -0.116. The SMILES string of the molecule is CC(=O)N1CC(C)(C)Nc2c1coc2C(=O)O. The summed E-state index contributed by atoms with van der Waals surface area (Å²) in [6.07, 6.45) is 1.29. The fraction of sp³-hybridized carbons (Fsp3) is 0.455. The number of amides is 1. The molecule has 0 unspecified atom stereocenters. The lowest BCUT2D eigenvalue weighted by Crippen LogP contribution is -2.50. The second-order valence-electron chi connectivity index (χ2n) is 4.74. The number of carbonyl (C=O) groups excluding carboxylic acids is 1. The Balaban J connectivity index is 2.54. The van der Waals surface area contributed by atoms with Gasteiger partial charge in [0.05, 0.1) is 0 Å². The van der Waals surface area contributed by atoms with E-state index in [0.29, 0.717) is 17.9 Å². The molecule has 2 N–H and O–H groups in total. The first-order valence-electron chi connectivity index (χ1n) is 5.23. The number of anilines is 2. The van der Waals surface area contributed by atoms with Gasteiger partial charge in [0.15, 0.2) is 0 Å². The van der Waals surface area contributed by atoms with Crippen molar-refractivity contribution >= 4 is 23.3 Å². The highest BCUT2D eigenvalue weighted by Gasteiger charge is 2.36. The maximum atomic E-state index is 11.5. The van der Waals surface area contributed by atoms with Gasteiger partial charge >= 0.3 is 5.97 Å². The number of nitrogens with zero attached hydrogens (tertiary/aromatic N) is 1. The summed E-state index contributed by atoms with van der Waals surface area (Å²) in [5.41, 5.74) is 0.449. The number of carbonyl (C=O) groups is 2. The minimum Gasteiger partial charge on any atom is -0.475 e. The molecule has 0 saturated heterocycles. The summed E-state index contributed by atoms with van der Waals surface area (Å²) in [6, 6.07) is 0. The number of rotatable bonds is 1. The average molecular weight is 238 g/mol. The van der Waals surface area contributed by atoms with E-state index in [0.717, 1.165) is 0 Å². The van der Waals surface area contributed by atoms with E-state index >= 15 is 0 Å². The van der Waals surface area contributed by atoms with Gasteiger partial charge in [-0.3, -0.25) is 4.79 Å². The van der Waals surface area contributed by atoms with Crippen LogP contribution in [0.15, 0.2) is 10.7 Å². The number of nitrogens with one attached hydrogen (secondary N) is 1. The molecule has 0 aromatic carbocycles. The van der Waals surface area contributed by atoms with Crippen LogP contribution in [0.25, 0.3) is 0 Å². The highest BCUT2D eigenvalue weighted by molar-refractivity contribution is 6.02. The number of carboxylic acids is 1. The van der Waals surface area contributed by atoms with Gasteiger partial charge in [0, 0.05) is 19.0 Å². The monoisotopic (exact) mass is 238 g/mol. The average Bonchev–Trinajstić information content (AvgIpc) is 2.57. The zero-order valence-corrected chi connectivity index (χ0v) is 9.90. The molecule has 0 aliphatic carbocycles. The lowest BCUT2D eigenvalue weighted by Gasteiger charge is -2.38. The van der Waals surface area contributed by atoms with Crippen molar-refractivity contribution in [3.8, 4) is 0 Å². The highest BCUT2D eigenvalue weighted by atomic mass is 16.4. The Kier molecular flexibility index (Phi) is 2.38. The van der Waals surface area contributed by atoms with E-state index in [-0.39, 0.29) is 11.7 Å². The van der Waals surface area contributed by atoms with Crippen LogP contribution < -0.4 is 10.2 Å². The molecule has 1 aliphatic rings. The second kappa shape index (κ2) is 3.51. The third kappa shape index (κ3) is 1.86. The molecule has 0 bridgehead atoms. The van der Waals surface area contributed by atoms with Crippen molar-refractivity contribution in [2.75, 3.05) is 16.8 Å². The van der Waals surface area contributed by atoms with Gasteiger partial charge in [0.25, 0.3) is 0 Å². The predicted octanol–water partition coefficient (Wildman–Crippen LogP) is 1.53. The largest absolute Gasteiger partial charge is 0.475 e. The van der Waals surface area contributed by atoms with Crippen LogP contribution in [-0.4, -0.2) is 29.1 Å². The lowest BCUT2D eigenvalue weighted by atomic mass is 10.00. The molecule has 17 heavy (non-hydrogen) atoms. The van der Waals surface area contributed by atoms with Crippen molar-refractivity contribution in [2.24, 2.45) is 0 Å². The molecule has 92 valence electrons. The summed E-state index contributed by atoms with van der Waals surface area (Å²) >= 11 is 0. The topological polar surface area (TPSA) is 82.8 Å². The zero-order valence-electron chi connectivity index (χ0n) is 9.90. The fourth-order valence-electron chi connectivity index (χ4n) is 1.96. The molecule has 6 nitrogen and oxygen atoms in total. The minimum absolute atomic E-state index is 0.140. The number of hydrogen-bond acceptors (Lipinski definition) is 4. The van der Waals surface area contributed by atoms with Crippen molar-refractivity contribution in [1.29, 1.82) is 0 Å². The third-order valence-corrected chi connectivity index (χ3v) is 2.65. The Morgan fingerprint density at radius 1 is 1.53 bits per heavy atom. The molecule has 1 amide bonds. The van der Waals surface area contributed by atoms with E-state index in [9.17, 15) is 9.59 Å². The van der Waals surface area contributed by atoms with Crippen LogP contribution in [-0.2, 0) is 4.79 Å². The summed E-state index contributed by atoms with van der Waals surface area (Å²) in [7, 11) is 0. The van der Waals surface area contributed by atoms with E-state index in [2.05, 4.69) is 5.32 Å². The number of fused-ring (bicyclic) bond motifs is 1. The second-order valence-corrected chi connectivity index (χ2v) is 4.74. The fourth-order valence-corrected chi connectivity index (χ4v) is 1.96. The summed E-state index contributed by atoms with van der Waals surface area (Å²) in [6.45, 7) is 5.70. The van der Waals surface area contributed by atoms with Crippen LogP contribution in [0.4, 0.5) is 11.4 Å². The molecule has 2 heterocycles. The van der Waals surface area contributed by atoms with Gasteiger partial charge in [-0.1, -0.05) is 0 Å². The number of furan rings is 1. The summed E-state index contributed by atoms with van der Waals surface area (Å²) < 4.78 is 5.00. The molecule has 0 spiro atoms. The minimum atomic E-state index is -1.15. The first kappa shape index (κ1) is 11.5. The summed E-state index contributed by atoms with van der Waals surface area (Å²) in [4.78, 5) is 24.0. The smallest absolute Gasteiger partial charge is 0.374 e. The van der Waals surface area contributed by atoms with Crippen molar-refractivity contribution in [3.63, 3.8) is 0 Å². The normalized spacial score (nSPS) is 17.2. The third-order valence-electron chi connectivity index (χ3n) is 2.65. The van der Waals surface area contributed by atoms with Crippen molar-refractivity contribution in [3.05, 3.63) is 12.0 Å². The Bertz CT molecular complexity index is 490. The van der Waals surface area contributed by atoms with Gasteiger partial charge in [-0.15, -0.1) is 0 Å². The van der Waals surface area contributed by atoms with Crippen LogP contribution in [0.5, 0.6) is 0 Å². The molecule has 0 radical (unpaired) electrons. The van der Waals surface area contributed by atoms with Gasteiger partial charge in [-0.2, -0.15) is 0 Å². The standard InChI is InChI=1S/C11H14N2O4/c1-6(14)13-5-11(2,3)12-8-7(13)4-17-9(8)10(15)16/h4,12H,5H2,1-3H3,(H,15,16). The number of carboxylic acid groups (broad SMARTS) is 1. The summed E-state index contributed by atoms with van der Waals surface area (Å²) in [5, 5.41) is 12.1. The molecule has 0 saturated carbocycles. The molecule has 6 heteroatoms. The van der Waals surface area contributed by atoms with E-state index in [1.807, 2.05) is 13.8 Å². The highest BCUT2D eigenvalue weighted by Crippen LogP contribution is 2.38. The van der Waals surface area contributed by atoms with E-state index in [1.54, 1.807) is 0 Å². The Labute approximate surface area is 98.2 Å². The van der Waals surface area contributed by atoms with Crippen LogP contribution in [0.1, 0.15) is 31.3 Å². The van der Waals surface area contributed by atoms with Crippen LogP contribution in [0.2, 0.25) is 0 Å². The van der Waals surface area contributed by atoms with Crippen molar-refractivity contribution in [1.82, 2.24) is 0 Å². The number of hydrogen-bond donors (Lipinski definition) is 2. The molecular formula is C11H14N2O4. The Morgan fingerprint density at radius 3 is 2.71 bits per heavy atom. The van der Waals surface area contributed by atoms with E-state index in [4.69, 9.17) is 9.52 Å². The maximum Gasteiger partial charge on any atom is 0.374 e. The Hall–Kier alpha value is -1.98. The number of aromatic carboxylic acids is 1. The molecule has 1 aliphatic heterocycles. The van der Waals surface area contributed by atoms with Gasteiger partial charge in [0.1, 0.15) is 17.6 Å². The Morgan fingerprint density at radius 2 is 2.18 bits per heavy atom. The van der Waals surface area contributed by atoms with Crippen LogP contribution in [0.3, 0.4) is 0 Å². The zero-order chi connectivity index (χ0) is 12.8. The quantitative estimate of drug-likeness (QED) is 0.775. The van der Waals surface area contributed by atoms with Crippen LogP contribution >= 0.6 is 0 Å². The van der Waals surface area contributed by atoms with Crippen molar-refractivity contribution in [2.45, 2.75) is 26.3 Å². The van der Waals surface area contributed by atoms with E-state index < -0.39 is 11.5 Å². The van der Waals surface area contributed by atoms with Crippen LogP contribution in [0, 0.1) is 0 Å².